The zero-order valence-corrected chi connectivity index (χ0v) is 15.9. The van der Waals surface area contributed by atoms with Gasteiger partial charge in [0.1, 0.15) is 6.04 Å². The quantitative estimate of drug-likeness (QED) is 0.726. The lowest BCUT2D eigenvalue weighted by atomic mass is 10.2. The van der Waals surface area contributed by atoms with Crippen molar-refractivity contribution < 1.29 is 23.9 Å². The molecule has 8 nitrogen and oxygen atoms in total. The van der Waals surface area contributed by atoms with Gasteiger partial charge in [-0.25, -0.2) is 4.79 Å². The van der Waals surface area contributed by atoms with Gasteiger partial charge in [-0.2, -0.15) is 0 Å². The first-order valence-corrected chi connectivity index (χ1v) is 9.57. The maximum Gasteiger partial charge on any atom is 0.330 e. The zero-order valence-electron chi connectivity index (χ0n) is 15.1. The predicted molar refractivity (Wildman–Crippen MR) is 99.9 cm³/mol. The average molecular weight is 391 g/mol. The number of nitrogens with two attached hydrogens (primary N) is 1. The highest BCUT2D eigenvalue weighted by atomic mass is 32.2. The van der Waals surface area contributed by atoms with E-state index in [2.05, 4.69) is 5.32 Å². The molecule has 2 fully saturated rings. The van der Waals surface area contributed by atoms with Crippen LogP contribution in [0.25, 0.3) is 0 Å². The molecule has 27 heavy (non-hydrogen) atoms. The van der Waals surface area contributed by atoms with Crippen LogP contribution in [-0.2, 0) is 19.1 Å². The Bertz CT molecular complexity index is 797. The van der Waals surface area contributed by atoms with Crippen molar-refractivity contribution in [2.24, 2.45) is 5.73 Å². The second-order valence-corrected chi connectivity index (χ2v) is 8.28. The molecule has 0 spiro atoms. The number of thioether (sulfide) groups is 1. The van der Waals surface area contributed by atoms with E-state index in [0.717, 1.165) is 0 Å². The summed E-state index contributed by atoms with van der Waals surface area (Å²) >= 11 is 1.56. The molecule has 0 radical (unpaired) electrons. The van der Waals surface area contributed by atoms with Gasteiger partial charge in [0.25, 0.3) is 5.91 Å². The van der Waals surface area contributed by atoms with E-state index in [0.29, 0.717) is 29.8 Å². The number of nitrogens with zero attached hydrogens (tertiary/aromatic N) is 1. The molecule has 3 amide bonds. The molecule has 0 unspecified atom stereocenters. The number of nitrogens with one attached hydrogen (secondary N) is 1. The fourth-order valence-electron chi connectivity index (χ4n) is 3.26. The fourth-order valence-corrected chi connectivity index (χ4v) is 4.68. The predicted octanol–water partition coefficient (Wildman–Crippen LogP) is 1.11. The van der Waals surface area contributed by atoms with E-state index in [1.807, 2.05) is 6.92 Å². The van der Waals surface area contributed by atoms with Gasteiger partial charge in [0, 0.05) is 23.4 Å². The number of amides is 3. The second kappa shape index (κ2) is 7.22. The maximum atomic E-state index is 12.5. The number of hydrogen-bond donors (Lipinski definition) is 2. The average Bonchev–Trinajstić information content (AvgIpc) is 3.11. The smallest absolute Gasteiger partial charge is 0.330 e. The van der Waals surface area contributed by atoms with Crippen LogP contribution in [0.5, 0.6) is 0 Å². The maximum absolute atomic E-state index is 12.5. The molecule has 144 valence electrons. The number of carbonyl (C=O) groups excluding carboxylic acids is 4. The summed E-state index contributed by atoms with van der Waals surface area (Å²) in [6.07, 6.45) is 0.102. The summed E-state index contributed by atoms with van der Waals surface area (Å²) in [6, 6.07) is 5.39. The summed E-state index contributed by atoms with van der Waals surface area (Å²) in [6.45, 7) is 3.42. The van der Waals surface area contributed by atoms with Crippen LogP contribution >= 0.6 is 11.8 Å². The van der Waals surface area contributed by atoms with Crippen LogP contribution < -0.4 is 11.1 Å². The number of benzene rings is 1. The molecule has 2 saturated heterocycles. The number of rotatable bonds is 5. The summed E-state index contributed by atoms with van der Waals surface area (Å²) in [5.74, 6) is -1.24. The summed E-state index contributed by atoms with van der Waals surface area (Å²) in [5, 5.41) is 2.61. The van der Waals surface area contributed by atoms with Crippen LogP contribution in [0.4, 0.5) is 5.69 Å². The van der Waals surface area contributed by atoms with Crippen molar-refractivity contribution in [1.82, 2.24) is 4.90 Å². The van der Waals surface area contributed by atoms with Crippen molar-refractivity contribution in [1.29, 1.82) is 0 Å². The Kier molecular flexibility index (Phi) is 5.14. The van der Waals surface area contributed by atoms with E-state index in [-0.39, 0.29) is 10.8 Å². The van der Waals surface area contributed by atoms with E-state index < -0.39 is 29.9 Å². The summed E-state index contributed by atoms with van der Waals surface area (Å²) in [7, 11) is 0. The van der Waals surface area contributed by atoms with Crippen LogP contribution in [0.2, 0.25) is 0 Å². The van der Waals surface area contributed by atoms with Crippen LogP contribution in [0, 0.1) is 0 Å². The number of anilines is 1. The van der Waals surface area contributed by atoms with Gasteiger partial charge in [0.2, 0.25) is 11.8 Å². The molecule has 1 aromatic rings. The standard InChI is InChI=1S/C18H21N3O5S/c1-10(16(24)20-12-5-3-11(4-6-12)15(19)23)26-17(25)13-9-27-18(2)8-7-14(22)21(13)18/h3-6,10,13H,7-9H2,1-2H3,(H2,19,23)(H,20,24)/t10-,13+,18-/m0/s1. The van der Waals surface area contributed by atoms with Gasteiger partial charge in [-0.05, 0) is 44.5 Å². The van der Waals surface area contributed by atoms with E-state index in [9.17, 15) is 19.2 Å². The van der Waals surface area contributed by atoms with Crippen molar-refractivity contribution in [3.05, 3.63) is 29.8 Å². The van der Waals surface area contributed by atoms with Gasteiger partial charge in [0.05, 0.1) is 4.87 Å². The van der Waals surface area contributed by atoms with Gasteiger partial charge >= 0.3 is 5.97 Å². The molecule has 3 atom stereocenters. The minimum Gasteiger partial charge on any atom is -0.451 e. The van der Waals surface area contributed by atoms with Crippen molar-refractivity contribution in [3.8, 4) is 0 Å². The first-order chi connectivity index (χ1) is 12.7. The molecule has 2 aliphatic rings. The van der Waals surface area contributed by atoms with Crippen LogP contribution in [-0.4, -0.2) is 51.4 Å². The van der Waals surface area contributed by atoms with Crippen molar-refractivity contribution in [2.75, 3.05) is 11.1 Å². The molecule has 2 aliphatic heterocycles. The fraction of sp³-hybridized carbons (Fsp3) is 0.444. The van der Waals surface area contributed by atoms with E-state index in [1.165, 1.54) is 31.2 Å². The molecular formula is C18H21N3O5S. The molecule has 0 aliphatic carbocycles. The highest BCUT2D eigenvalue weighted by molar-refractivity contribution is 8.01. The van der Waals surface area contributed by atoms with Gasteiger partial charge < -0.3 is 20.7 Å². The van der Waals surface area contributed by atoms with Crippen LogP contribution in [0.1, 0.15) is 37.0 Å². The SMILES string of the molecule is C[C@H](OC(=O)[C@H]1CS[C@@]2(C)CCC(=O)N12)C(=O)Nc1ccc(C(N)=O)cc1. The minimum atomic E-state index is -1.03. The number of ether oxygens (including phenoxy) is 1. The normalized spacial score (nSPS) is 25.0. The highest BCUT2D eigenvalue weighted by Gasteiger charge is 2.53. The summed E-state index contributed by atoms with van der Waals surface area (Å²) in [4.78, 5) is 49.2. The summed E-state index contributed by atoms with van der Waals surface area (Å²) < 4.78 is 5.30. The Labute approximate surface area is 160 Å². The third-order valence-electron chi connectivity index (χ3n) is 4.82. The topological polar surface area (TPSA) is 119 Å². The Morgan fingerprint density at radius 3 is 2.63 bits per heavy atom. The minimum absolute atomic E-state index is 0.0592. The van der Waals surface area contributed by atoms with E-state index >= 15 is 0 Å². The Hall–Kier alpha value is -2.55. The zero-order chi connectivity index (χ0) is 19.8. The first kappa shape index (κ1) is 19.2. The van der Waals surface area contributed by atoms with Gasteiger partial charge in [0.15, 0.2) is 6.10 Å². The number of esters is 1. The van der Waals surface area contributed by atoms with Gasteiger partial charge in [-0.1, -0.05) is 0 Å². The monoisotopic (exact) mass is 391 g/mol. The Morgan fingerprint density at radius 1 is 1.33 bits per heavy atom. The van der Waals surface area contributed by atoms with Gasteiger partial charge in [-0.15, -0.1) is 11.8 Å². The number of primary amides is 1. The van der Waals surface area contributed by atoms with Gasteiger partial charge in [-0.3, -0.25) is 14.4 Å². The number of carbonyl (C=O) groups is 4. The van der Waals surface area contributed by atoms with E-state index in [4.69, 9.17) is 10.5 Å². The molecular weight excluding hydrogens is 370 g/mol. The number of fused-ring (bicyclic) bond motifs is 1. The van der Waals surface area contributed by atoms with Crippen LogP contribution in [0.3, 0.4) is 0 Å². The Morgan fingerprint density at radius 2 is 2.00 bits per heavy atom. The second-order valence-electron chi connectivity index (χ2n) is 6.78. The molecule has 0 bridgehead atoms. The molecule has 3 rings (SSSR count). The lowest BCUT2D eigenvalue weighted by molar-refractivity contribution is -0.160. The Balaban J connectivity index is 1.58. The molecule has 0 saturated carbocycles. The van der Waals surface area contributed by atoms with Crippen LogP contribution in [0.15, 0.2) is 24.3 Å². The lowest BCUT2D eigenvalue weighted by Gasteiger charge is -2.29. The highest BCUT2D eigenvalue weighted by Crippen LogP contribution is 2.47. The molecule has 2 heterocycles. The largest absolute Gasteiger partial charge is 0.451 e. The third-order valence-corrected chi connectivity index (χ3v) is 6.32. The molecule has 0 aromatic heterocycles. The lowest BCUT2D eigenvalue weighted by Crippen LogP contribution is -2.48. The molecule has 1 aromatic carbocycles. The molecule has 3 N–H and O–H groups in total. The first-order valence-electron chi connectivity index (χ1n) is 8.58. The van der Waals surface area contributed by atoms with Crippen molar-refractivity contribution >= 4 is 41.1 Å². The van der Waals surface area contributed by atoms with E-state index in [1.54, 1.807) is 16.7 Å². The number of hydrogen-bond acceptors (Lipinski definition) is 6. The van der Waals surface area contributed by atoms with Crippen molar-refractivity contribution in [3.63, 3.8) is 0 Å². The molecule has 9 heteroatoms. The van der Waals surface area contributed by atoms with Crippen molar-refractivity contribution in [2.45, 2.75) is 43.7 Å². The third kappa shape index (κ3) is 3.78. The summed E-state index contributed by atoms with van der Waals surface area (Å²) in [5.41, 5.74) is 5.94.